The topological polar surface area (TPSA) is 132 Å². The minimum atomic E-state index is -0.582. The van der Waals surface area contributed by atoms with Crippen LogP contribution in [0.15, 0.2) is 42.9 Å². The summed E-state index contributed by atoms with van der Waals surface area (Å²) in [6, 6.07) is 6.85. The zero-order chi connectivity index (χ0) is 28.2. The van der Waals surface area contributed by atoms with Crippen molar-refractivity contribution in [2.24, 2.45) is 0 Å². The van der Waals surface area contributed by atoms with Gasteiger partial charge >= 0.3 is 0 Å². The summed E-state index contributed by atoms with van der Waals surface area (Å²) < 4.78 is 20.4. The lowest BCUT2D eigenvalue weighted by Crippen LogP contribution is -2.54. The van der Waals surface area contributed by atoms with E-state index < -0.39 is 11.9 Å². The number of pyridine rings is 1. The smallest absolute Gasteiger partial charge is 0.244 e. The van der Waals surface area contributed by atoms with Crippen LogP contribution in [0.4, 0.5) is 21.7 Å². The Morgan fingerprint density at radius 1 is 1.23 bits per heavy atom. The molecule has 0 unspecified atom stereocenters. The number of amides is 1. The van der Waals surface area contributed by atoms with Gasteiger partial charge in [0.1, 0.15) is 11.7 Å². The fourth-order valence-corrected chi connectivity index (χ4v) is 4.89. The highest BCUT2D eigenvalue weighted by Crippen LogP contribution is 2.33. The number of aliphatic hydroxyl groups is 1. The largest absolute Gasteiger partial charge is 0.390 e. The molecule has 1 saturated heterocycles. The van der Waals surface area contributed by atoms with Crippen LogP contribution in [0, 0.1) is 12.7 Å². The highest BCUT2D eigenvalue weighted by atomic mass is 19.1. The summed E-state index contributed by atoms with van der Waals surface area (Å²) in [5, 5.41) is 16.2. The average molecular weight is 549 g/mol. The fraction of sp³-hybridized carbons (Fsp3) is 0.357. The summed E-state index contributed by atoms with van der Waals surface area (Å²) in [7, 11) is 3.66. The van der Waals surface area contributed by atoms with Gasteiger partial charge in [0.25, 0.3) is 0 Å². The first-order valence-electron chi connectivity index (χ1n) is 13.1. The first-order valence-corrected chi connectivity index (χ1v) is 13.1. The molecule has 0 saturated carbocycles. The monoisotopic (exact) mass is 548 g/mol. The van der Waals surface area contributed by atoms with E-state index in [4.69, 9.17) is 4.74 Å². The first-order chi connectivity index (χ1) is 19.4. The molecular weight excluding hydrogens is 515 g/mol. The highest BCUT2D eigenvalue weighted by molar-refractivity contribution is 6.06. The number of H-pyrrole nitrogens is 1. The van der Waals surface area contributed by atoms with Gasteiger partial charge in [-0.1, -0.05) is 12.1 Å². The van der Waals surface area contributed by atoms with E-state index in [2.05, 4.69) is 47.4 Å². The molecule has 210 valence electrons. The van der Waals surface area contributed by atoms with Crippen molar-refractivity contribution in [3.63, 3.8) is 0 Å². The van der Waals surface area contributed by atoms with E-state index >= 15 is 0 Å². The average Bonchev–Trinajstić information content (AvgIpc) is 3.38. The van der Waals surface area contributed by atoms with Crippen LogP contribution in [0.3, 0.4) is 0 Å². The number of carbonyl (C=O) groups is 1. The minimum absolute atomic E-state index is 0.110. The van der Waals surface area contributed by atoms with Crippen LogP contribution in [-0.4, -0.2) is 93.7 Å². The Hall–Kier alpha value is -3.97. The normalized spacial score (nSPS) is 15.3. The number of rotatable bonds is 9. The van der Waals surface area contributed by atoms with E-state index in [1.807, 2.05) is 31.2 Å². The van der Waals surface area contributed by atoms with Crippen LogP contribution in [0.5, 0.6) is 0 Å². The molecule has 11 nitrogen and oxygen atoms in total. The number of aliphatic hydroxyl groups excluding tert-OH is 1. The number of aromatic amines is 1. The maximum atomic E-state index is 15.0. The number of ether oxygens (including phenoxy) is 1. The van der Waals surface area contributed by atoms with Crippen LogP contribution < -0.4 is 10.6 Å². The number of likely N-dealkylation sites (N-methyl/N-ethyl adjacent to an activating group) is 1. The molecule has 1 aliphatic rings. The number of aryl methyl sites for hydroxylation is 1. The minimum Gasteiger partial charge on any atom is -0.390 e. The number of carbonyl (C=O) groups excluding carboxylic acids is 1. The predicted octanol–water partition coefficient (Wildman–Crippen LogP) is 2.90. The zero-order valence-corrected chi connectivity index (χ0v) is 22.7. The van der Waals surface area contributed by atoms with Gasteiger partial charge in [0.15, 0.2) is 5.82 Å². The number of nitrogens with zero attached hydrogens (tertiary/aromatic N) is 5. The van der Waals surface area contributed by atoms with Crippen LogP contribution in [0.25, 0.3) is 22.2 Å². The summed E-state index contributed by atoms with van der Waals surface area (Å²) in [6.07, 6.45) is 4.35. The quantitative estimate of drug-likeness (QED) is 0.249. The van der Waals surface area contributed by atoms with Gasteiger partial charge in [-0.3, -0.25) is 14.7 Å². The van der Waals surface area contributed by atoms with Crippen molar-refractivity contribution in [3.8, 4) is 11.3 Å². The maximum absolute atomic E-state index is 15.0. The summed E-state index contributed by atoms with van der Waals surface area (Å²) in [5.41, 5.74) is 3.88. The molecule has 12 heteroatoms. The molecule has 4 aromatic rings. The van der Waals surface area contributed by atoms with Gasteiger partial charge in [-0.05, 0) is 31.7 Å². The number of anilines is 3. The Morgan fingerprint density at radius 3 is 2.75 bits per heavy atom. The molecule has 0 spiro atoms. The molecule has 0 radical (unpaired) electrons. The SMILES string of the molecule is COC[C@H](C(=O)Nc1cccc2c(-c3nc(Nc4cnc(CO)c(C)c4)ncc3F)c[nH]c12)N1CCN(C)CC1. The summed E-state index contributed by atoms with van der Waals surface area (Å²) in [4.78, 5) is 33.7. The van der Waals surface area contributed by atoms with Crippen LogP contribution in [0.1, 0.15) is 11.3 Å². The number of benzene rings is 1. The van der Waals surface area contributed by atoms with Crippen molar-refractivity contribution in [1.82, 2.24) is 29.7 Å². The number of para-hydroxylation sites is 1. The van der Waals surface area contributed by atoms with E-state index in [0.29, 0.717) is 33.5 Å². The Morgan fingerprint density at radius 2 is 2.02 bits per heavy atom. The third-order valence-electron chi connectivity index (χ3n) is 7.17. The second-order valence-corrected chi connectivity index (χ2v) is 9.89. The molecular formula is C28H33FN8O3. The second-order valence-electron chi connectivity index (χ2n) is 9.89. The van der Waals surface area contributed by atoms with E-state index in [9.17, 15) is 14.3 Å². The summed E-state index contributed by atoms with van der Waals surface area (Å²) >= 11 is 0. The molecule has 1 atom stereocenters. The molecule has 0 bridgehead atoms. The summed E-state index contributed by atoms with van der Waals surface area (Å²) in [5.74, 6) is -0.547. The summed E-state index contributed by atoms with van der Waals surface area (Å²) in [6.45, 7) is 5.28. The van der Waals surface area contributed by atoms with Crippen molar-refractivity contribution in [2.45, 2.75) is 19.6 Å². The third kappa shape index (κ3) is 5.80. The number of piperazine rings is 1. The Labute approximate surface area is 231 Å². The van der Waals surface area contributed by atoms with E-state index in [1.165, 1.54) is 0 Å². The number of hydrogen-bond acceptors (Lipinski definition) is 9. The molecule has 5 rings (SSSR count). The molecule has 4 heterocycles. The third-order valence-corrected chi connectivity index (χ3v) is 7.17. The number of halogens is 1. The number of fused-ring (bicyclic) bond motifs is 1. The van der Waals surface area contributed by atoms with Gasteiger partial charge in [-0.25, -0.2) is 14.4 Å². The molecule has 3 aromatic heterocycles. The molecule has 0 aliphatic carbocycles. The second kappa shape index (κ2) is 12.0. The Bertz CT molecular complexity index is 1500. The standard InChI is InChI=1S/C28H33FN8O3/c1-17-11-18(12-30-23(17)15-38)33-28-32-14-21(29)25(35-28)20-13-31-26-19(20)5-4-6-22(26)34-27(39)24(16-40-3)37-9-7-36(2)8-10-37/h4-6,11-14,24,31,38H,7-10,15-16H2,1-3H3,(H,34,39)(H,32,33,35)/t24-/m1/s1. The molecule has 1 amide bonds. The van der Waals surface area contributed by atoms with Crippen LogP contribution in [-0.2, 0) is 16.1 Å². The Kier molecular flexibility index (Phi) is 8.31. The van der Waals surface area contributed by atoms with Gasteiger partial charge in [-0.2, -0.15) is 0 Å². The number of hydrogen-bond donors (Lipinski definition) is 4. The lowest BCUT2D eigenvalue weighted by atomic mass is 10.1. The molecule has 1 fully saturated rings. The number of methoxy groups -OCH3 is 1. The van der Waals surface area contributed by atoms with E-state index in [1.54, 1.807) is 19.5 Å². The maximum Gasteiger partial charge on any atom is 0.244 e. The molecule has 40 heavy (non-hydrogen) atoms. The van der Waals surface area contributed by atoms with Gasteiger partial charge in [-0.15, -0.1) is 0 Å². The van der Waals surface area contributed by atoms with Crippen molar-refractivity contribution >= 4 is 34.1 Å². The van der Waals surface area contributed by atoms with Crippen LogP contribution in [0.2, 0.25) is 0 Å². The van der Waals surface area contributed by atoms with Gasteiger partial charge in [0, 0.05) is 50.4 Å². The van der Waals surface area contributed by atoms with E-state index in [-0.39, 0.29) is 30.8 Å². The highest BCUT2D eigenvalue weighted by Gasteiger charge is 2.29. The number of nitrogens with one attached hydrogen (secondary N) is 3. The van der Waals surface area contributed by atoms with Gasteiger partial charge in [0.2, 0.25) is 11.9 Å². The van der Waals surface area contributed by atoms with Crippen molar-refractivity contribution in [1.29, 1.82) is 0 Å². The predicted molar refractivity (Wildman–Crippen MR) is 151 cm³/mol. The lowest BCUT2D eigenvalue weighted by Gasteiger charge is -2.36. The van der Waals surface area contributed by atoms with Crippen molar-refractivity contribution < 1.29 is 19.0 Å². The van der Waals surface area contributed by atoms with Gasteiger partial charge in [0.05, 0.1) is 48.2 Å². The van der Waals surface area contributed by atoms with E-state index in [0.717, 1.165) is 37.9 Å². The fourth-order valence-electron chi connectivity index (χ4n) is 4.89. The van der Waals surface area contributed by atoms with Crippen molar-refractivity contribution in [3.05, 3.63) is 59.9 Å². The zero-order valence-electron chi connectivity index (χ0n) is 22.7. The Balaban J connectivity index is 1.40. The molecule has 1 aliphatic heterocycles. The lowest BCUT2D eigenvalue weighted by molar-refractivity contribution is -0.124. The molecule has 1 aromatic carbocycles. The first kappa shape index (κ1) is 27.6. The van der Waals surface area contributed by atoms with Gasteiger partial charge < -0.3 is 30.4 Å². The number of aromatic nitrogens is 4. The molecule has 4 N–H and O–H groups in total. The van der Waals surface area contributed by atoms with Crippen molar-refractivity contribution in [2.75, 3.05) is 57.6 Å². The van der Waals surface area contributed by atoms with Crippen LogP contribution >= 0.6 is 0 Å².